The van der Waals surface area contributed by atoms with Gasteiger partial charge in [-0.3, -0.25) is 0 Å². The topological polar surface area (TPSA) is 40.6 Å². The minimum Gasteiger partial charge on any atom is -0.195 e. The third kappa shape index (κ3) is 3.69. The summed E-state index contributed by atoms with van der Waals surface area (Å²) >= 11 is 5.86. The van der Waals surface area contributed by atoms with Gasteiger partial charge in [-0.2, -0.15) is 17.0 Å². The number of hydrogen-bond acceptors (Lipinski definition) is 2. The van der Waals surface area contributed by atoms with Crippen LogP contribution in [0.15, 0.2) is 24.3 Å². The maximum Gasteiger partial charge on any atom is 0.281 e. The zero-order valence-corrected chi connectivity index (χ0v) is 13.5. The van der Waals surface area contributed by atoms with Crippen LogP contribution >= 0.6 is 11.6 Å². The molecule has 0 bridgehead atoms. The Morgan fingerprint density at radius 3 is 1.95 bits per heavy atom. The predicted octanol–water partition coefficient (Wildman–Crippen LogP) is 2.57. The first-order valence-electron chi connectivity index (χ1n) is 6.09. The minimum atomic E-state index is -3.40. The molecule has 19 heavy (non-hydrogen) atoms. The van der Waals surface area contributed by atoms with Crippen LogP contribution in [0.2, 0.25) is 5.02 Å². The summed E-state index contributed by atoms with van der Waals surface area (Å²) in [6.45, 7) is 3.91. The monoisotopic (exact) mass is 304 g/mol. The molecule has 0 aliphatic carbocycles. The predicted molar refractivity (Wildman–Crippen MR) is 79.7 cm³/mol. The smallest absolute Gasteiger partial charge is 0.195 e. The Hall–Kier alpha value is -0.620. The van der Waals surface area contributed by atoms with Gasteiger partial charge in [0.2, 0.25) is 0 Å². The van der Waals surface area contributed by atoms with Gasteiger partial charge in [0.25, 0.3) is 10.2 Å². The fourth-order valence-electron chi connectivity index (χ4n) is 1.83. The van der Waals surface area contributed by atoms with E-state index in [0.29, 0.717) is 5.02 Å². The van der Waals surface area contributed by atoms with Gasteiger partial charge >= 0.3 is 0 Å². The van der Waals surface area contributed by atoms with Gasteiger partial charge in [-0.05, 0) is 30.5 Å². The summed E-state index contributed by atoms with van der Waals surface area (Å²) in [6.07, 6.45) is 0. The van der Waals surface area contributed by atoms with Crippen LogP contribution in [-0.4, -0.2) is 44.2 Å². The fraction of sp³-hybridized carbons (Fsp3) is 0.538. The Kier molecular flexibility index (Phi) is 5.38. The second kappa shape index (κ2) is 6.22. The van der Waals surface area contributed by atoms with Crippen molar-refractivity contribution in [2.24, 2.45) is 0 Å². The van der Waals surface area contributed by atoms with Crippen LogP contribution in [0.25, 0.3) is 0 Å². The summed E-state index contributed by atoms with van der Waals surface area (Å²) in [4.78, 5) is 0. The van der Waals surface area contributed by atoms with E-state index in [0.717, 1.165) is 5.56 Å². The molecule has 2 atom stereocenters. The first-order valence-corrected chi connectivity index (χ1v) is 7.86. The van der Waals surface area contributed by atoms with Crippen LogP contribution in [0, 0.1) is 0 Å². The molecule has 1 rings (SSSR count). The van der Waals surface area contributed by atoms with Crippen molar-refractivity contribution in [1.29, 1.82) is 0 Å². The number of likely N-dealkylation sites (N-methyl/N-ethyl adjacent to an activating group) is 1. The molecule has 108 valence electrons. The fourth-order valence-corrected chi connectivity index (χ4v) is 3.07. The number of nitrogens with zero attached hydrogens (tertiary/aromatic N) is 2. The first kappa shape index (κ1) is 16.4. The normalized spacial score (nSPS) is 15.8. The Morgan fingerprint density at radius 1 is 1.05 bits per heavy atom. The van der Waals surface area contributed by atoms with Gasteiger partial charge in [0.15, 0.2) is 0 Å². The van der Waals surface area contributed by atoms with Crippen molar-refractivity contribution in [2.75, 3.05) is 21.1 Å². The van der Waals surface area contributed by atoms with Crippen molar-refractivity contribution in [1.82, 2.24) is 8.61 Å². The third-order valence-corrected chi connectivity index (χ3v) is 5.75. The molecule has 1 aromatic rings. The molecule has 1 aromatic carbocycles. The number of halogens is 1. The molecule has 6 heteroatoms. The molecule has 0 unspecified atom stereocenters. The Morgan fingerprint density at radius 2 is 1.53 bits per heavy atom. The van der Waals surface area contributed by atoms with E-state index in [-0.39, 0.29) is 12.0 Å². The average Bonchev–Trinajstić information content (AvgIpc) is 2.36. The van der Waals surface area contributed by atoms with Crippen molar-refractivity contribution in [3.05, 3.63) is 34.9 Å². The molecular weight excluding hydrogens is 284 g/mol. The van der Waals surface area contributed by atoms with E-state index in [1.807, 2.05) is 38.1 Å². The second-order valence-corrected chi connectivity index (χ2v) is 7.53. The molecule has 0 fully saturated rings. The lowest BCUT2D eigenvalue weighted by Crippen LogP contribution is -2.44. The second-order valence-electron chi connectivity index (χ2n) is 4.89. The van der Waals surface area contributed by atoms with E-state index < -0.39 is 10.2 Å². The maximum absolute atomic E-state index is 12.1. The lowest BCUT2D eigenvalue weighted by atomic mass is 9.95. The van der Waals surface area contributed by atoms with Gasteiger partial charge < -0.3 is 0 Å². The highest BCUT2D eigenvalue weighted by Crippen LogP contribution is 2.25. The molecule has 0 aliphatic rings. The van der Waals surface area contributed by atoms with E-state index in [1.54, 1.807) is 7.05 Å². The van der Waals surface area contributed by atoms with Crippen LogP contribution in [-0.2, 0) is 10.2 Å². The van der Waals surface area contributed by atoms with Crippen molar-refractivity contribution in [2.45, 2.75) is 25.8 Å². The van der Waals surface area contributed by atoms with Crippen LogP contribution in [0.3, 0.4) is 0 Å². The largest absolute Gasteiger partial charge is 0.281 e. The van der Waals surface area contributed by atoms with Crippen LogP contribution in [0.4, 0.5) is 0 Å². The molecule has 0 amide bonds. The van der Waals surface area contributed by atoms with E-state index >= 15 is 0 Å². The average molecular weight is 305 g/mol. The zero-order valence-electron chi connectivity index (χ0n) is 12.0. The van der Waals surface area contributed by atoms with Gasteiger partial charge in [0.05, 0.1) is 0 Å². The number of hydrogen-bond donors (Lipinski definition) is 0. The molecule has 0 aromatic heterocycles. The molecule has 0 saturated carbocycles. The molecule has 0 spiro atoms. The number of benzene rings is 1. The van der Waals surface area contributed by atoms with E-state index in [9.17, 15) is 8.42 Å². The van der Waals surface area contributed by atoms with Gasteiger partial charge in [0, 0.05) is 32.2 Å². The van der Waals surface area contributed by atoms with Crippen molar-refractivity contribution in [3.8, 4) is 0 Å². The Balaban J connectivity index is 2.94. The minimum absolute atomic E-state index is 0.0805. The van der Waals surface area contributed by atoms with Gasteiger partial charge in [-0.15, -0.1) is 0 Å². The van der Waals surface area contributed by atoms with E-state index in [1.165, 1.54) is 22.7 Å². The molecule has 0 heterocycles. The van der Waals surface area contributed by atoms with Crippen molar-refractivity contribution >= 4 is 21.8 Å². The van der Waals surface area contributed by atoms with E-state index in [4.69, 9.17) is 11.6 Å². The summed E-state index contributed by atoms with van der Waals surface area (Å²) in [7, 11) is 1.27. The quantitative estimate of drug-likeness (QED) is 0.839. The third-order valence-electron chi connectivity index (χ3n) is 3.52. The summed E-state index contributed by atoms with van der Waals surface area (Å²) in [6, 6.07) is 7.36. The highest BCUT2D eigenvalue weighted by atomic mass is 35.5. The lowest BCUT2D eigenvalue weighted by molar-refractivity contribution is 0.328. The molecule has 0 aliphatic heterocycles. The summed E-state index contributed by atoms with van der Waals surface area (Å²) in [5.74, 6) is 0.0805. The SMILES string of the molecule is C[C@H]([C@@H](C)c1ccc(Cl)cc1)N(C)S(=O)(=O)N(C)C. The zero-order chi connectivity index (χ0) is 14.8. The molecule has 0 radical (unpaired) electrons. The van der Waals surface area contributed by atoms with Crippen LogP contribution in [0.1, 0.15) is 25.3 Å². The van der Waals surface area contributed by atoms with Gasteiger partial charge in [0.1, 0.15) is 0 Å². The lowest BCUT2D eigenvalue weighted by Gasteiger charge is -2.31. The highest BCUT2D eigenvalue weighted by molar-refractivity contribution is 7.86. The maximum atomic E-state index is 12.1. The molecule has 4 nitrogen and oxygen atoms in total. The summed E-state index contributed by atoms with van der Waals surface area (Å²) in [5.41, 5.74) is 1.07. The highest BCUT2D eigenvalue weighted by Gasteiger charge is 2.29. The van der Waals surface area contributed by atoms with Crippen LogP contribution < -0.4 is 0 Å². The Labute approximate surface area is 121 Å². The number of rotatable bonds is 5. The van der Waals surface area contributed by atoms with Crippen molar-refractivity contribution in [3.63, 3.8) is 0 Å². The van der Waals surface area contributed by atoms with Gasteiger partial charge in [-0.1, -0.05) is 30.7 Å². The molecule has 0 N–H and O–H groups in total. The summed E-state index contributed by atoms with van der Waals surface area (Å²) < 4.78 is 26.8. The Bertz CT molecular complexity index is 514. The molecular formula is C13H21ClN2O2S. The van der Waals surface area contributed by atoms with Crippen molar-refractivity contribution < 1.29 is 8.42 Å². The van der Waals surface area contributed by atoms with E-state index in [2.05, 4.69) is 0 Å². The standard InChI is InChI=1S/C13H21ClN2O2S/c1-10(12-6-8-13(14)9-7-12)11(2)16(5)19(17,18)15(3)4/h6-11H,1-5H3/t10-,11-/m1/s1. The van der Waals surface area contributed by atoms with Gasteiger partial charge in [-0.25, -0.2) is 0 Å². The molecule has 0 saturated heterocycles. The summed E-state index contributed by atoms with van der Waals surface area (Å²) in [5, 5.41) is 0.679. The van der Waals surface area contributed by atoms with Crippen LogP contribution in [0.5, 0.6) is 0 Å². The first-order chi connectivity index (χ1) is 8.67.